The number of hydrogen-bond donors (Lipinski definition) is 1. The van der Waals surface area contributed by atoms with Gasteiger partial charge < -0.3 is 15.1 Å². The highest BCUT2D eigenvalue weighted by Gasteiger charge is 2.35. The van der Waals surface area contributed by atoms with E-state index >= 15 is 0 Å². The molecule has 1 aliphatic heterocycles. The second-order valence-corrected chi connectivity index (χ2v) is 5.78. The minimum atomic E-state index is -0.107. The molecule has 0 aliphatic carbocycles. The lowest BCUT2D eigenvalue weighted by Crippen LogP contribution is -2.32. The molecule has 2 N–H and O–H groups in total. The first kappa shape index (κ1) is 16.1. The third-order valence-corrected chi connectivity index (χ3v) is 4.09. The molecule has 1 aromatic carbocycles. The van der Waals surface area contributed by atoms with Crippen LogP contribution in [-0.2, 0) is 0 Å². The van der Waals surface area contributed by atoms with E-state index in [2.05, 4.69) is 28.1 Å². The van der Waals surface area contributed by atoms with Crippen LogP contribution < -0.4 is 5.73 Å². The molecule has 0 unspecified atom stereocenters. The number of benzene rings is 1. The Morgan fingerprint density at radius 1 is 1.19 bits per heavy atom. The molecule has 1 aliphatic rings. The average Bonchev–Trinajstić information content (AvgIpc) is 3.05. The fourth-order valence-corrected chi connectivity index (χ4v) is 2.94. The van der Waals surface area contributed by atoms with Crippen molar-refractivity contribution in [2.24, 2.45) is 5.73 Å². The van der Waals surface area contributed by atoms with E-state index in [4.69, 9.17) is 10.2 Å². The summed E-state index contributed by atoms with van der Waals surface area (Å²) in [5, 5.41) is 0. The maximum absolute atomic E-state index is 12.3. The molecule has 112 valence electrons. The number of likely N-dealkylation sites (tertiary alicyclic amines) is 1. The Kier molecular flexibility index (Phi) is 5.08. The van der Waals surface area contributed by atoms with Gasteiger partial charge in [0.05, 0.1) is 0 Å². The van der Waals surface area contributed by atoms with Crippen molar-refractivity contribution in [2.75, 3.05) is 13.1 Å². The topological polar surface area (TPSA) is 59.5 Å². The zero-order valence-electron chi connectivity index (χ0n) is 11.2. The Balaban J connectivity index is 0.00000161. The molecule has 3 rings (SSSR count). The summed E-state index contributed by atoms with van der Waals surface area (Å²) >= 11 is 3.21. The van der Waals surface area contributed by atoms with E-state index < -0.39 is 0 Å². The number of halogens is 2. The van der Waals surface area contributed by atoms with Crippen molar-refractivity contribution in [1.29, 1.82) is 0 Å². The Morgan fingerprint density at radius 3 is 2.52 bits per heavy atom. The van der Waals surface area contributed by atoms with Gasteiger partial charge in [-0.2, -0.15) is 0 Å². The van der Waals surface area contributed by atoms with E-state index in [0.29, 0.717) is 23.5 Å². The van der Waals surface area contributed by atoms with Crippen molar-refractivity contribution in [3.05, 3.63) is 58.5 Å². The quantitative estimate of drug-likeness (QED) is 0.883. The van der Waals surface area contributed by atoms with Gasteiger partial charge in [-0.1, -0.05) is 30.3 Å². The van der Waals surface area contributed by atoms with E-state index in [9.17, 15) is 4.79 Å². The smallest absolute Gasteiger partial charge is 0.289 e. The number of hydrogen-bond acceptors (Lipinski definition) is 3. The average molecular weight is 372 g/mol. The summed E-state index contributed by atoms with van der Waals surface area (Å²) < 4.78 is 5.88. The van der Waals surface area contributed by atoms with Crippen molar-refractivity contribution < 1.29 is 9.21 Å². The molecule has 1 amide bonds. The number of nitrogens with two attached hydrogens (primary N) is 1. The van der Waals surface area contributed by atoms with Gasteiger partial charge >= 0.3 is 0 Å². The van der Waals surface area contributed by atoms with Gasteiger partial charge in [0.2, 0.25) is 0 Å². The van der Waals surface area contributed by atoms with E-state index in [1.165, 1.54) is 5.56 Å². The zero-order valence-corrected chi connectivity index (χ0v) is 13.6. The molecule has 0 saturated carbocycles. The third kappa shape index (κ3) is 3.31. The van der Waals surface area contributed by atoms with Gasteiger partial charge in [0, 0.05) is 25.0 Å². The normalized spacial score (nSPS) is 21.1. The number of carbonyl (C=O) groups excluding carboxylic acids is 1. The SMILES string of the molecule is Cl.N[C@@H]1CN(C(=O)c2ccc(Br)o2)C[C@H]1c1ccccc1. The van der Waals surface area contributed by atoms with Crippen LogP contribution in [-0.4, -0.2) is 29.9 Å². The molecule has 0 spiro atoms. The molecule has 21 heavy (non-hydrogen) atoms. The monoisotopic (exact) mass is 370 g/mol. The summed E-state index contributed by atoms with van der Waals surface area (Å²) in [6.45, 7) is 1.18. The van der Waals surface area contributed by atoms with Crippen LogP contribution >= 0.6 is 28.3 Å². The van der Waals surface area contributed by atoms with Crippen molar-refractivity contribution in [1.82, 2.24) is 4.90 Å². The molecule has 2 heterocycles. The zero-order chi connectivity index (χ0) is 14.1. The summed E-state index contributed by atoms with van der Waals surface area (Å²) in [5.41, 5.74) is 7.37. The van der Waals surface area contributed by atoms with Crippen molar-refractivity contribution in [3.8, 4) is 0 Å². The molecule has 0 bridgehead atoms. The van der Waals surface area contributed by atoms with E-state index in [1.807, 2.05) is 18.2 Å². The molecule has 0 radical (unpaired) electrons. The molecule has 1 aromatic heterocycles. The molecule has 1 saturated heterocycles. The second-order valence-electron chi connectivity index (χ2n) is 4.99. The fraction of sp³-hybridized carbons (Fsp3) is 0.267. The van der Waals surface area contributed by atoms with Crippen LogP contribution in [0.3, 0.4) is 0 Å². The van der Waals surface area contributed by atoms with Crippen LogP contribution in [0.15, 0.2) is 51.6 Å². The minimum absolute atomic E-state index is 0. The number of furan rings is 1. The van der Waals surface area contributed by atoms with Gasteiger partial charge in [0.15, 0.2) is 10.4 Å². The van der Waals surface area contributed by atoms with Gasteiger partial charge in [0.1, 0.15) is 0 Å². The van der Waals surface area contributed by atoms with Crippen LogP contribution in [0.1, 0.15) is 22.0 Å². The first-order chi connectivity index (χ1) is 9.65. The van der Waals surface area contributed by atoms with Crippen LogP contribution in [0.5, 0.6) is 0 Å². The Bertz CT molecular complexity index is 617. The van der Waals surface area contributed by atoms with Gasteiger partial charge in [0.25, 0.3) is 5.91 Å². The van der Waals surface area contributed by atoms with Crippen molar-refractivity contribution >= 4 is 34.2 Å². The molecule has 2 aromatic rings. The van der Waals surface area contributed by atoms with E-state index in [0.717, 1.165) is 0 Å². The molecule has 1 fully saturated rings. The van der Waals surface area contributed by atoms with Crippen LogP contribution in [0.25, 0.3) is 0 Å². The third-order valence-electron chi connectivity index (χ3n) is 3.66. The van der Waals surface area contributed by atoms with Crippen LogP contribution in [0.4, 0.5) is 0 Å². The summed E-state index contributed by atoms with van der Waals surface area (Å²) in [4.78, 5) is 14.1. The lowest BCUT2D eigenvalue weighted by Gasteiger charge is -2.15. The van der Waals surface area contributed by atoms with Crippen molar-refractivity contribution in [2.45, 2.75) is 12.0 Å². The standard InChI is InChI=1S/C15H15BrN2O2.ClH/c16-14-7-6-13(20-14)15(19)18-8-11(12(17)9-18)10-4-2-1-3-5-10;/h1-7,11-12H,8-9,17H2;1H/t11-,12+;/m0./s1. The summed E-state index contributed by atoms with van der Waals surface area (Å²) in [6.07, 6.45) is 0. The fourth-order valence-electron chi connectivity index (χ4n) is 2.63. The maximum atomic E-state index is 12.3. The van der Waals surface area contributed by atoms with Gasteiger partial charge in [-0.05, 0) is 33.6 Å². The summed E-state index contributed by atoms with van der Waals surface area (Å²) in [7, 11) is 0. The summed E-state index contributed by atoms with van der Waals surface area (Å²) in [5.74, 6) is 0.418. The van der Waals surface area contributed by atoms with E-state index in [-0.39, 0.29) is 30.3 Å². The lowest BCUT2D eigenvalue weighted by molar-refractivity contribution is 0.0756. The Morgan fingerprint density at radius 2 is 1.90 bits per heavy atom. The molecule has 6 heteroatoms. The molecular formula is C15H16BrClN2O2. The van der Waals surface area contributed by atoms with Gasteiger partial charge in [-0.3, -0.25) is 4.79 Å². The van der Waals surface area contributed by atoms with Crippen molar-refractivity contribution in [3.63, 3.8) is 0 Å². The second kappa shape index (κ2) is 6.64. The number of carbonyl (C=O) groups is 1. The number of rotatable bonds is 2. The molecule has 2 atom stereocenters. The maximum Gasteiger partial charge on any atom is 0.289 e. The highest BCUT2D eigenvalue weighted by Crippen LogP contribution is 2.28. The number of nitrogens with zero attached hydrogens (tertiary/aromatic N) is 1. The Hall–Kier alpha value is -1.30. The first-order valence-corrected chi connectivity index (χ1v) is 7.29. The van der Waals surface area contributed by atoms with Crippen LogP contribution in [0.2, 0.25) is 0 Å². The Labute approximate surface area is 137 Å². The summed E-state index contributed by atoms with van der Waals surface area (Å²) in [6, 6.07) is 13.4. The molecule has 4 nitrogen and oxygen atoms in total. The highest BCUT2D eigenvalue weighted by molar-refractivity contribution is 9.10. The minimum Gasteiger partial charge on any atom is -0.444 e. The first-order valence-electron chi connectivity index (χ1n) is 6.50. The largest absolute Gasteiger partial charge is 0.444 e. The van der Waals surface area contributed by atoms with Crippen LogP contribution in [0, 0.1) is 0 Å². The van der Waals surface area contributed by atoms with Gasteiger partial charge in [-0.15, -0.1) is 12.4 Å². The predicted molar refractivity (Wildman–Crippen MR) is 86.7 cm³/mol. The highest BCUT2D eigenvalue weighted by atomic mass is 79.9. The predicted octanol–water partition coefficient (Wildman–Crippen LogP) is 3.03. The number of amides is 1. The van der Waals surface area contributed by atoms with Gasteiger partial charge in [-0.25, -0.2) is 0 Å². The molecular weight excluding hydrogens is 356 g/mol. The lowest BCUT2D eigenvalue weighted by atomic mass is 9.95. The van der Waals surface area contributed by atoms with E-state index in [1.54, 1.807) is 17.0 Å².